The number of anilines is 1. The molecule has 2 atom stereocenters. The average Bonchev–Trinajstić information content (AvgIpc) is 2.63. The van der Waals surface area contributed by atoms with E-state index in [0.717, 1.165) is 25.1 Å². The fourth-order valence-electron chi connectivity index (χ4n) is 3.44. The Hall–Kier alpha value is -2.01. The van der Waals surface area contributed by atoms with E-state index in [-0.39, 0.29) is 6.42 Å². The van der Waals surface area contributed by atoms with Crippen molar-refractivity contribution >= 4 is 11.7 Å². The first-order valence-corrected chi connectivity index (χ1v) is 11.1. The van der Waals surface area contributed by atoms with Gasteiger partial charge in [0.25, 0.3) is 0 Å². The van der Waals surface area contributed by atoms with E-state index < -0.39 is 6.04 Å². The molecule has 1 saturated heterocycles. The maximum Gasteiger partial charge on any atom is 0.301 e. The molecule has 0 aromatic carbocycles. The molecular formula is C25H42FN3O. The smallest absolute Gasteiger partial charge is 0.301 e. The van der Waals surface area contributed by atoms with Crippen LogP contribution >= 0.6 is 0 Å². The first-order chi connectivity index (χ1) is 14.2. The third kappa shape index (κ3) is 11.9. The summed E-state index contributed by atoms with van der Waals surface area (Å²) in [5.41, 5.74) is 5.12. The molecule has 1 aliphatic heterocycles. The van der Waals surface area contributed by atoms with Gasteiger partial charge in [0.2, 0.25) is 0 Å². The van der Waals surface area contributed by atoms with Crippen LogP contribution in [0.5, 0.6) is 0 Å². The molecule has 1 N–H and O–H groups in total. The highest BCUT2D eigenvalue weighted by molar-refractivity contribution is 5.67. The van der Waals surface area contributed by atoms with Crippen LogP contribution in [0.15, 0.2) is 36.6 Å². The Balaban J connectivity index is 0.000000580. The van der Waals surface area contributed by atoms with E-state index in [1.54, 1.807) is 6.92 Å². The molecule has 170 valence electrons. The molecule has 4 nitrogen and oxygen atoms in total. The summed E-state index contributed by atoms with van der Waals surface area (Å²) in [6, 6.07) is 2.08. The fourth-order valence-corrected chi connectivity index (χ4v) is 3.44. The minimum atomic E-state index is -1.21. The van der Waals surface area contributed by atoms with Crippen LogP contribution in [0.25, 0.3) is 0 Å². The van der Waals surface area contributed by atoms with Crippen molar-refractivity contribution in [3.63, 3.8) is 0 Å². The predicted molar refractivity (Wildman–Crippen MR) is 128 cm³/mol. The second-order valence-corrected chi connectivity index (χ2v) is 7.97. The maximum atomic E-state index is 11.1. The molecule has 0 aliphatic carbocycles. The number of nitrogens with zero attached hydrogens (tertiary/aromatic N) is 2. The van der Waals surface area contributed by atoms with Gasteiger partial charge in [-0.05, 0) is 59.1 Å². The SMILES string of the molecule is C=C(C)/C=C\C.CCCC(=O)F.CCCc1c(N2CC(C)NC(C)C2)ccnc1C. The highest BCUT2D eigenvalue weighted by atomic mass is 19.1. The Kier molecular flexibility index (Phi) is 14.7. The molecule has 1 aromatic rings. The van der Waals surface area contributed by atoms with Gasteiger partial charge < -0.3 is 10.2 Å². The van der Waals surface area contributed by atoms with Crippen LogP contribution in [-0.4, -0.2) is 36.2 Å². The van der Waals surface area contributed by atoms with Gasteiger partial charge in [0.15, 0.2) is 0 Å². The van der Waals surface area contributed by atoms with E-state index in [9.17, 15) is 9.18 Å². The predicted octanol–water partition coefficient (Wildman–Crippen LogP) is 5.95. The molecule has 1 fully saturated rings. The average molecular weight is 420 g/mol. The van der Waals surface area contributed by atoms with E-state index in [2.05, 4.69) is 55.5 Å². The summed E-state index contributed by atoms with van der Waals surface area (Å²) in [7, 11) is 0. The summed E-state index contributed by atoms with van der Waals surface area (Å²) in [5.74, 6) is 0. The van der Waals surface area contributed by atoms with Gasteiger partial charge in [0.05, 0.1) is 0 Å². The zero-order valence-corrected chi connectivity index (χ0v) is 20.1. The van der Waals surface area contributed by atoms with Crippen molar-refractivity contribution in [2.24, 2.45) is 0 Å². The van der Waals surface area contributed by atoms with Crippen molar-refractivity contribution in [2.45, 2.75) is 86.2 Å². The Morgan fingerprint density at radius 2 is 1.90 bits per heavy atom. The maximum absolute atomic E-state index is 11.1. The standard InChI is InChI=1S/C15H25N3.C6H10.C4H7FO/c1-5-6-14-13(4)16-8-7-15(14)18-9-11(2)17-12(3)10-18;1-4-5-6(2)3;1-2-3-4(5)6/h7-8,11-12,17H,5-6,9-10H2,1-4H3;4-5H,2H2,1,3H3;2-3H2,1H3/b;5-4-;. The lowest BCUT2D eigenvalue weighted by Gasteiger charge is -2.38. The molecule has 2 unspecified atom stereocenters. The third-order valence-electron chi connectivity index (χ3n) is 4.54. The van der Waals surface area contributed by atoms with Gasteiger partial charge in [-0.2, -0.15) is 4.39 Å². The molecule has 0 radical (unpaired) electrons. The zero-order valence-electron chi connectivity index (χ0n) is 20.1. The molecule has 2 heterocycles. The van der Waals surface area contributed by atoms with Crippen LogP contribution in [0.3, 0.4) is 0 Å². The van der Waals surface area contributed by atoms with Gasteiger partial charge in [-0.3, -0.25) is 9.78 Å². The normalized spacial score (nSPS) is 18.2. The fraction of sp³-hybridized carbons (Fsp3) is 0.600. The van der Waals surface area contributed by atoms with E-state index in [1.165, 1.54) is 23.4 Å². The molecule has 2 rings (SSSR count). The van der Waals surface area contributed by atoms with Gasteiger partial charge in [-0.1, -0.05) is 44.6 Å². The number of rotatable bonds is 6. The van der Waals surface area contributed by atoms with Crippen LogP contribution in [0, 0.1) is 6.92 Å². The molecule has 0 amide bonds. The second-order valence-electron chi connectivity index (χ2n) is 7.97. The third-order valence-corrected chi connectivity index (χ3v) is 4.54. The molecule has 0 bridgehead atoms. The number of piperazine rings is 1. The lowest BCUT2D eigenvalue weighted by molar-refractivity contribution is -0.129. The van der Waals surface area contributed by atoms with Crippen molar-refractivity contribution in [3.8, 4) is 0 Å². The van der Waals surface area contributed by atoms with Crippen LogP contribution in [-0.2, 0) is 11.2 Å². The summed E-state index contributed by atoms with van der Waals surface area (Å²) >= 11 is 0. The summed E-state index contributed by atoms with van der Waals surface area (Å²) in [5, 5.41) is 3.59. The number of halogens is 1. The van der Waals surface area contributed by atoms with Crippen LogP contribution in [0.1, 0.15) is 72.1 Å². The lowest BCUT2D eigenvalue weighted by Crippen LogP contribution is -2.54. The first kappa shape index (κ1) is 28.0. The number of pyridine rings is 1. The van der Waals surface area contributed by atoms with Crippen molar-refractivity contribution in [1.29, 1.82) is 0 Å². The number of nitrogens with one attached hydrogen (secondary N) is 1. The number of carbonyl (C=O) groups is 1. The lowest BCUT2D eigenvalue weighted by atomic mass is 10.0. The summed E-state index contributed by atoms with van der Waals surface area (Å²) in [6.45, 7) is 20.4. The largest absolute Gasteiger partial charge is 0.368 e. The Morgan fingerprint density at radius 1 is 1.30 bits per heavy atom. The highest BCUT2D eigenvalue weighted by Gasteiger charge is 2.23. The van der Waals surface area contributed by atoms with Gasteiger partial charge >= 0.3 is 6.04 Å². The molecule has 0 saturated carbocycles. The summed E-state index contributed by atoms with van der Waals surface area (Å²) in [4.78, 5) is 16.3. The molecular weight excluding hydrogens is 377 g/mol. The number of carbonyl (C=O) groups excluding carboxylic acids is 1. The monoisotopic (exact) mass is 419 g/mol. The van der Waals surface area contributed by atoms with Crippen molar-refractivity contribution in [3.05, 3.63) is 47.8 Å². The van der Waals surface area contributed by atoms with Crippen molar-refractivity contribution in [1.82, 2.24) is 10.3 Å². The van der Waals surface area contributed by atoms with Crippen molar-refractivity contribution < 1.29 is 9.18 Å². The highest BCUT2D eigenvalue weighted by Crippen LogP contribution is 2.25. The summed E-state index contributed by atoms with van der Waals surface area (Å²) in [6.07, 6.45) is 8.87. The molecule has 1 aliphatic rings. The van der Waals surface area contributed by atoms with E-state index in [1.807, 2.05) is 32.2 Å². The van der Waals surface area contributed by atoms with E-state index in [4.69, 9.17) is 0 Å². The quantitative estimate of drug-likeness (QED) is 0.457. The van der Waals surface area contributed by atoms with Crippen LogP contribution in [0.2, 0.25) is 0 Å². The molecule has 0 spiro atoms. The second kappa shape index (κ2) is 15.8. The molecule has 5 heteroatoms. The topological polar surface area (TPSA) is 45.2 Å². The van der Waals surface area contributed by atoms with E-state index in [0.29, 0.717) is 18.5 Å². The number of hydrogen-bond acceptors (Lipinski definition) is 4. The molecule has 30 heavy (non-hydrogen) atoms. The van der Waals surface area contributed by atoms with Crippen LogP contribution in [0.4, 0.5) is 10.1 Å². The number of allylic oxidation sites excluding steroid dienone is 3. The Morgan fingerprint density at radius 3 is 2.27 bits per heavy atom. The number of hydrogen-bond donors (Lipinski definition) is 1. The molecule has 1 aromatic heterocycles. The first-order valence-electron chi connectivity index (χ1n) is 11.1. The zero-order chi connectivity index (χ0) is 23.1. The van der Waals surface area contributed by atoms with E-state index >= 15 is 0 Å². The number of aromatic nitrogens is 1. The van der Waals surface area contributed by atoms with Gasteiger partial charge in [0, 0.05) is 49.2 Å². The van der Waals surface area contributed by atoms with Gasteiger partial charge in [0.1, 0.15) is 0 Å². The number of aryl methyl sites for hydroxylation is 1. The minimum Gasteiger partial charge on any atom is -0.368 e. The Labute approximate surface area is 183 Å². The van der Waals surface area contributed by atoms with Gasteiger partial charge in [-0.15, -0.1) is 0 Å². The Bertz CT molecular complexity index is 662. The van der Waals surface area contributed by atoms with Crippen molar-refractivity contribution in [2.75, 3.05) is 18.0 Å². The van der Waals surface area contributed by atoms with Gasteiger partial charge in [-0.25, -0.2) is 0 Å². The summed E-state index contributed by atoms with van der Waals surface area (Å²) < 4.78 is 11.1. The van der Waals surface area contributed by atoms with Crippen LogP contribution < -0.4 is 10.2 Å². The minimum absolute atomic E-state index is 0.0694.